The Hall–Kier alpha value is -1.06. The van der Waals surface area contributed by atoms with E-state index in [9.17, 15) is 9.59 Å². The fourth-order valence-electron chi connectivity index (χ4n) is 4.69. The third-order valence-corrected chi connectivity index (χ3v) is 7.18. The number of ether oxygens (including phenoxy) is 2. The van der Waals surface area contributed by atoms with Crippen LogP contribution in [-0.2, 0) is 19.1 Å². The minimum atomic E-state index is -0.0264. The van der Waals surface area contributed by atoms with Crippen LogP contribution < -0.4 is 0 Å². The maximum Gasteiger partial charge on any atom is 0.305 e. The fraction of sp³-hybridized carbons (Fsp3) is 0.938. The molecule has 0 aliphatic carbocycles. The quantitative estimate of drug-likeness (QED) is 0.0776. The van der Waals surface area contributed by atoms with E-state index in [2.05, 4.69) is 20.8 Å². The maximum absolute atomic E-state index is 12.1. The van der Waals surface area contributed by atoms with E-state index in [0.29, 0.717) is 32.0 Å². The molecule has 0 aromatic carbocycles. The molecule has 0 heterocycles. The number of carbonyl (C=O) groups excluding carboxylic acids is 2. The number of esters is 2. The molecule has 0 radical (unpaired) electrons. The van der Waals surface area contributed by atoms with Gasteiger partial charge in [-0.05, 0) is 38.0 Å². The molecule has 214 valence electrons. The van der Waals surface area contributed by atoms with E-state index in [-0.39, 0.29) is 11.9 Å². The van der Waals surface area contributed by atoms with Crippen LogP contribution in [0.1, 0.15) is 175 Å². The molecule has 0 amide bonds. The molecule has 0 aromatic rings. The Morgan fingerprint density at radius 1 is 0.472 bits per heavy atom. The van der Waals surface area contributed by atoms with E-state index in [4.69, 9.17) is 9.47 Å². The standard InChI is InChI=1S/C32H62O4/c1-4-7-10-12-14-16-21-26-31(33)35-28-23-19-18-20-25-30(24-9-6-3)29-36-32(34)27-22-17-15-13-11-8-5-2/h30H,4-29H2,1-3H3. The van der Waals surface area contributed by atoms with Gasteiger partial charge in [0, 0.05) is 12.8 Å². The van der Waals surface area contributed by atoms with Gasteiger partial charge in [-0.25, -0.2) is 0 Å². The van der Waals surface area contributed by atoms with Crippen molar-refractivity contribution >= 4 is 11.9 Å². The largest absolute Gasteiger partial charge is 0.466 e. The summed E-state index contributed by atoms with van der Waals surface area (Å²) in [6.45, 7) is 7.84. The van der Waals surface area contributed by atoms with Crippen LogP contribution in [0.15, 0.2) is 0 Å². The Labute approximate surface area is 225 Å². The van der Waals surface area contributed by atoms with E-state index < -0.39 is 0 Å². The average molecular weight is 511 g/mol. The average Bonchev–Trinajstić information content (AvgIpc) is 2.88. The highest BCUT2D eigenvalue weighted by molar-refractivity contribution is 5.69. The summed E-state index contributed by atoms with van der Waals surface area (Å²) < 4.78 is 11.0. The van der Waals surface area contributed by atoms with Crippen molar-refractivity contribution in [3.63, 3.8) is 0 Å². The van der Waals surface area contributed by atoms with Gasteiger partial charge in [0.15, 0.2) is 0 Å². The van der Waals surface area contributed by atoms with Gasteiger partial charge in [0.25, 0.3) is 0 Å². The van der Waals surface area contributed by atoms with Gasteiger partial charge in [-0.2, -0.15) is 0 Å². The van der Waals surface area contributed by atoms with Gasteiger partial charge in [0.05, 0.1) is 13.2 Å². The molecule has 1 atom stereocenters. The second-order valence-corrected chi connectivity index (χ2v) is 10.9. The van der Waals surface area contributed by atoms with Crippen LogP contribution in [-0.4, -0.2) is 25.2 Å². The molecule has 4 nitrogen and oxygen atoms in total. The Morgan fingerprint density at radius 2 is 0.889 bits per heavy atom. The maximum atomic E-state index is 12.1. The van der Waals surface area contributed by atoms with Crippen LogP contribution in [0.4, 0.5) is 0 Å². The second kappa shape index (κ2) is 28.5. The van der Waals surface area contributed by atoms with Crippen LogP contribution in [0.2, 0.25) is 0 Å². The molecule has 0 rings (SSSR count). The first kappa shape index (κ1) is 34.9. The molecule has 0 saturated heterocycles. The molecule has 0 saturated carbocycles. The van der Waals surface area contributed by atoms with E-state index in [1.54, 1.807) is 0 Å². The Balaban J connectivity index is 3.72. The normalized spacial score (nSPS) is 12.0. The van der Waals surface area contributed by atoms with E-state index >= 15 is 0 Å². The van der Waals surface area contributed by atoms with Crippen LogP contribution in [0.25, 0.3) is 0 Å². The van der Waals surface area contributed by atoms with Crippen molar-refractivity contribution in [2.24, 2.45) is 5.92 Å². The lowest BCUT2D eigenvalue weighted by Crippen LogP contribution is -2.14. The van der Waals surface area contributed by atoms with Gasteiger partial charge in [-0.3, -0.25) is 9.59 Å². The highest BCUT2D eigenvalue weighted by Gasteiger charge is 2.12. The number of rotatable bonds is 28. The van der Waals surface area contributed by atoms with Crippen molar-refractivity contribution in [2.45, 2.75) is 175 Å². The molecule has 0 aliphatic rings. The van der Waals surface area contributed by atoms with Crippen molar-refractivity contribution in [1.82, 2.24) is 0 Å². The zero-order valence-corrected chi connectivity index (χ0v) is 24.6. The summed E-state index contributed by atoms with van der Waals surface area (Å²) in [7, 11) is 0. The van der Waals surface area contributed by atoms with Crippen LogP contribution in [0.3, 0.4) is 0 Å². The zero-order chi connectivity index (χ0) is 26.5. The predicted molar refractivity (Wildman–Crippen MR) is 153 cm³/mol. The first-order valence-corrected chi connectivity index (χ1v) is 15.9. The van der Waals surface area contributed by atoms with Crippen LogP contribution >= 0.6 is 0 Å². The number of unbranched alkanes of at least 4 members (excludes halogenated alkanes) is 16. The molecule has 4 heteroatoms. The molecule has 0 fully saturated rings. The molecule has 1 unspecified atom stereocenters. The lowest BCUT2D eigenvalue weighted by molar-refractivity contribution is -0.145. The summed E-state index contributed by atoms with van der Waals surface area (Å²) in [5.74, 6) is 0.451. The molecule has 36 heavy (non-hydrogen) atoms. The summed E-state index contributed by atoms with van der Waals surface area (Å²) in [6.07, 6.45) is 27.3. The van der Waals surface area contributed by atoms with Gasteiger partial charge in [-0.1, -0.05) is 130 Å². The number of hydrogen-bond donors (Lipinski definition) is 0. The number of hydrogen-bond acceptors (Lipinski definition) is 4. The van der Waals surface area contributed by atoms with Crippen LogP contribution in [0.5, 0.6) is 0 Å². The first-order chi connectivity index (χ1) is 17.6. The van der Waals surface area contributed by atoms with Gasteiger partial charge in [0.2, 0.25) is 0 Å². The predicted octanol–water partition coefficient (Wildman–Crippen LogP) is 10.1. The van der Waals surface area contributed by atoms with Gasteiger partial charge in [-0.15, -0.1) is 0 Å². The highest BCUT2D eigenvalue weighted by atomic mass is 16.5. The van der Waals surface area contributed by atoms with Gasteiger partial charge >= 0.3 is 11.9 Å². The highest BCUT2D eigenvalue weighted by Crippen LogP contribution is 2.19. The van der Waals surface area contributed by atoms with E-state index in [1.807, 2.05) is 0 Å². The smallest absolute Gasteiger partial charge is 0.305 e. The molecular weight excluding hydrogens is 448 g/mol. The minimum Gasteiger partial charge on any atom is -0.466 e. The second-order valence-electron chi connectivity index (χ2n) is 10.9. The van der Waals surface area contributed by atoms with Crippen molar-refractivity contribution < 1.29 is 19.1 Å². The minimum absolute atomic E-state index is 0.0108. The van der Waals surface area contributed by atoms with Crippen LogP contribution in [0, 0.1) is 5.92 Å². The summed E-state index contributed by atoms with van der Waals surface area (Å²) in [6, 6.07) is 0. The van der Waals surface area contributed by atoms with Crippen molar-refractivity contribution in [3.8, 4) is 0 Å². The van der Waals surface area contributed by atoms with E-state index in [0.717, 1.165) is 64.2 Å². The Morgan fingerprint density at radius 3 is 1.44 bits per heavy atom. The van der Waals surface area contributed by atoms with E-state index in [1.165, 1.54) is 77.0 Å². The molecule has 0 aromatic heterocycles. The fourth-order valence-corrected chi connectivity index (χ4v) is 4.69. The topological polar surface area (TPSA) is 52.6 Å². The third kappa shape index (κ3) is 26.0. The first-order valence-electron chi connectivity index (χ1n) is 15.9. The number of carbonyl (C=O) groups is 2. The lowest BCUT2D eigenvalue weighted by atomic mass is 9.96. The van der Waals surface area contributed by atoms with Crippen molar-refractivity contribution in [2.75, 3.05) is 13.2 Å². The summed E-state index contributed by atoms with van der Waals surface area (Å²) in [5, 5.41) is 0. The van der Waals surface area contributed by atoms with Gasteiger partial charge < -0.3 is 9.47 Å². The third-order valence-electron chi connectivity index (χ3n) is 7.18. The molecule has 0 aliphatic heterocycles. The van der Waals surface area contributed by atoms with Crippen molar-refractivity contribution in [1.29, 1.82) is 0 Å². The molecule has 0 bridgehead atoms. The summed E-state index contributed by atoms with van der Waals surface area (Å²) in [4.78, 5) is 24.0. The van der Waals surface area contributed by atoms with Gasteiger partial charge in [0.1, 0.15) is 0 Å². The zero-order valence-electron chi connectivity index (χ0n) is 24.6. The Kier molecular flexibility index (Phi) is 27.7. The molecular formula is C32H62O4. The summed E-state index contributed by atoms with van der Waals surface area (Å²) >= 11 is 0. The molecule has 0 N–H and O–H groups in total. The lowest BCUT2D eigenvalue weighted by Gasteiger charge is -2.17. The van der Waals surface area contributed by atoms with Crippen molar-refractivity contribution in [3.05, 3.63) is 0 Å². The Bertz CT molecular complexity index is 477. The monoisotopic (exact) mass is 510 g/mol. The molecule has 0 spiro atoms. The summed E-state index contributed by atoms with van der Waals surface area (Å²) in [5.41, 5.74) is 0. The SMILES string of the molecule is CCCCCCCCCC(=O)OCCCCCCC(CCCC)COC(=O)CCCCCCCCC.